The van der Waals surface area contributed by atoms with Gasteiger partial charge in [0.25, 0.3) is 5.91 Å². The van der Waals surface area contributed by atoms with E-state index >= 15 is 0 Å². The molecule has 27 heavy (non-hydrogen) atoms. The molecule has 2 amide bonds. The van der Waals surface area contributed by atoms with Gasteiger partial charge in [-0.05, 0) is 24.3 Å². The SMILES string of the molecule is COc1ccc(C(=O)NCCN2CCN(C(=O)C3CNC3)CC2)cc1.Cl.Cl. The zero-order valence-corrected chi connectivity index (χ0v) is 17.1. The Hall–Kier alpha value is -1.54. The van der Waals surface area contributed by atoms with E-state index in [4.69, 9.17) is 4.74 Å². The van der Waals surface area contributed by atoms with Crippen LogP contribution in [0.2, 0.25) is 0 Å². The normalized spacial score (nSPS) is 17.1. The summed E-state index contributed by atoms with van der Waals surface area (Å²) < 4.78 is 5.09. The number of nitrogens with one attached hydrogen (secondary N) is 2. The van der Waals surface area contributed by atoms with Crippen molar-refractivity contribution in [2.45, 2.75) is 0 Å². The molecule has 7 nitrogen and oxygen atoms in total. The van der Waals surface area contributed by atoms with Crippen molar-refractivity contribution in [2.24, 2.45) is 5.92 Å². The number of amides is 2. The predicted molar refractivity (Wildman–Crippen MR) is 109 cm³/mol. The van der Waals surface area contributed by atoms with E-state index in [1.54, 1.807) is 31.4 Å². The molecule has 2 heterocycles. The largest absolute Gasteiger partial charge is 0.497 e. The number of carbonyl (C=O) groups excluding carboxylic acids is 2. The fourth-order valence-corrected chi connectivity index (χ4v) is 3.09. The zero-order chi connectivity index (χ0) is 17.6. The smallest absolute Gasteiger partial charge is 0.251 e. The highest BCUT2D eigenvalue weighted by molar-refractivity contribution is 5.94. The van der Waals surface area contributed by atoms with E-state index < -0.39 is 0 Å². The van der Waals surface area contributed by atoms with Crippen LogP contribution in [0.1, 0.15) is 10.4 Å². The Kier molecular flexibility index (Phi) is 9.87. The van der Waals surface area contributed by atoms with E-state index in [1.807, 2.05) is 4.90 Å². The van der Waals surface area contributed by atoms with Gasteiger partial charge >= 0.3 is 0 Å². The van der Waals surface area contributed by atoms with Crippen LogP contribution in [0.15, 0.2) is 24.3 Å². The average Bonchev–Trinajstić information content (AvgIpc) is 2.61. The van der Waals surface area contributed by atoms with Gasteiger partial charge in [-0.3, -0.25) is 14.5 Å². The lowest BCUT2D eigenvalue weighted by molar-refractivity contribution is -0.138. The average molecular weight is 419 g/mol. The van der Waals surface area contributed by atoms with Crippen LogP contribution in [-0.4, -0.2) is 81.1 Å². The van der Waals surface area contributed by atoms with Gasteiger partial charge in [-0.2, -0.15) is 0 Å². The Morgan fingerprint density at radius 3 is 2.26 bits per heavy atom. The number of nitrogens with zero attached hydrogens (tertiary/aromatic N) is 2. The molecular formula is C18H28Cl2N4O3. The van der Waals surface area contributed by atoms with E-state index in [0.717, 1.165) is 51.6 Å². The van der Waals surface area contributed by atoms with Crippen LogP contribution < -0.4 is 15.4 Å². The summed E-state index contributed by atoms with van der Waals surface area (Å²) in [5.74, 6) is 1.12. The molecule has 2 fully saturated rings. The highest BCUT2D eigenvalue weighted by Gasteiger charge is 2.30. The molecule has 152 valence electrons. The molecular weight excluding hydrogens is 391 g/mol. The van der Waals surface area contributed by atoms with Crippen molar-refractivity contribution in [1.29, 1.82) is 0 Å². The molecule has 1 aromatic rings. The van der Waals surface area contributed by atoms with Gasteiger partial charge in [0.15, 0.2) is 0 Å². The highest BCUT2D eigenvalue weighted by atomic mass is 35.5. The minimum absolute atomic E-state index is 0. The van der Waals surface area contributed by atoms with E-state index in [2.05, 4.69) is 15.5 Å². The van der Waals surface area contributed by atoms with Gasteiger partial charge in [0.2, 0.25) is 5.91 Å². The molecule has 0 unspecified atom stereocenters. The maximum atomic E-state index is 12.2. The molecule has 0 saturated carbocycles. The first-order valence-corrected chi connectivity index (χ1v) is 8.81. The molecule has 9 heteroatoms. The van der Waals surface area contributed by atoms with Crippen molar-refractivity contribution < 1.29 is 14.3 Å². The molecule has 0 aliphatic carbocycles. The molecule has 0 aromatic heterocycles. The maximum absolute atomic E-state index is 12.2. The Labute approximate surface area is 172 Å². The molecule has 2 N–H and O–H groups in total. The number of methoxy groups -OCH3 is 1. The fourth-order valence-electron chi connectivity index (χ4n) is 3.09. The summed E-state index contributed by atoms with van der Waals surface area (Å²) in [6.45, 7) is 6.32. The zero-order valence-electron chi connectivity index (χ0n) is 15.5. The van der Waals surface area contributed by atoms with Crippen molar-refractivity contribution in [1.82, 2.24) is 20.4 Å². The maximum Gasteiger partial charge on any atom is 0.251 e. The van der Waals surface area contributed by atoms with Gasteiger partial charge in [0, 0.05) is 57.9 Å². The molecule has 3 rings (SSSR count). The lowest BCUT2D eigenvalue weighted by atomic mass is 10.0. The standard InChI is InChI=1S/C18H26N4O3.2ClH/c1-25-16-4-2-14(3-5-16)17(23)20-6-7-21-8-10-22(11-9-21)18(24)15-12-19-13-15;;/h2-5,15,19H,6-13H2,1H3,(H,20,23);2*1H. The Balaban J connectivity index is 0.00000182. The summed E-state index contributed by atoms with van der Waals surface area (Å²) in [7, 11) is 1.60. The lowest BCUT2D eigenvalue weighted by Gasteiger charge is -2.38. The summed E-state index contributed by atoms with van der Waals surface area (Å²) in [5, 5.41) is 6.09. The molecule has 0 spiro atoms. The van der Waals surface area contributed by atoms with Crippen LogP contribution in [0, 0.1) is 5.92 Å². The summed E-state index contributed by atoms with van der Waals surface area (Å²) in [6, 6.07) is 7.08. The van der Waals surface area contributed by atoms with Crippen LogP contribution in [0.4, 0.5) is 0 Å². The number of hydrogen-bond donors (Lipinski definition) is 2. The van der Waals surface area contributed by atoms with Crippen molar-refractivity contribution >= 4 is 36.6 Å². The van der Waals surface area contributed by atoms with Crippen molar-refractivity contribution in [3.8, 4) is 5.75 Å². The number of hydrogen-bond acceptors (Lipinski definition) is 5. The van der Waals surface area contributed by atoms with Gasteiger partial charge in [-0.15, -0.1) is 24.8 Å². The van der Waals surface area contributed by atoms with Gasteiger partial charge < -0.3 is 20.3 Å². The van der Waals surface area contributed by atoms with Crippen LogP contribution >= 0.6 is 24.8 Å². The van der Waals surface area contributed by atoms with Crippen molar-refractivity contribution in [2.75, 3.05) is 59.5 Å². The van der Waals surface area contributed by atoms with Gasteiger partial charge in [-0.25, -0.2) is 0 Å². The summed E-state index contributed by atoms with van der Waals surface area (Å²) in [5.41, 5.74) is 0.630. The van der Waals surface area contributed by atoms with Crippen molar-refractivity contribution in [3.05, 3.63) is 29.8 Å². The predicted octanol–water partition coefficient (Wildman–Crippen LogP) is 0.632. The molecule has 0 radical (unpaired) electrons. The quantitative estimate of drug-likeness (QED) is 0.708. The minimum Gasteiger partial charge on any atom is -0.497 e. The van der Waals surface area contributed by atoms with Crippen LogP contribution in [0.25, 0.3) is 0 Å². The molecule has 1 aromatic carbocycles. The Bertz CT molecular complexity index is 603. The molecule has 0 bridgehead atoms. The second-order valence-corrected chi connectivity index (χ2v) is 6.51. The topological polar surface area (TPSA) is 73.9 Å². The van der Waals surface area contributed by atoms with Crippen molar-refractivity contribution in [3.63, 3.8) is 0 Å². The van der Waals surface area contributed by atoms with Crippen LogP contribution in [0.3, 0.4) is 0 Å². The second kappa shape index (κ2) is 11.3. The summed E-state index contributed by atoms with van der Waals surface area (Å²) in [4.78, 5) is 28.6. The highest BCUT2D eigenvalue weighted by Crippen LogP contribution is 2.12. The molecule has 0 atom stereocenters. The number of rotatable bonds is 6. The third-order valence-corrected chi connectivity index (χ3v) is 4.88. The molecule has 2 aliphatic rings. The number of ether oxygens (including phenoxy) is 1. The number of halogens is 2. The second-order valence-electron chi connectivity index (χ2n) is 6.51. The first kappa shape index (κ1) is 23.5. The van der Waals surface area contributed by atoms with E-state index in [0.29, 0.717) is 12.1 Å². The third kappa shape index (κ3) is 6.24. The van der Waals surface area contributed by atoms with Gasteiger partial charge in [0.05, 0.1) is 13.0 Å². The number of carbonyl (C=O) groups is 2. The first-order valence-electron chi connectivity index (χ1n) is 8.81. The van der Waals surface area contributed by atoms with Gasteiger partial charge in [-0.1, -0.05) is 0 Å². The van der Waals surface area contributed by atoms with Crippen LogP contribution in [-0.2, 0) is 4.79 Å². The molecule has 2 saturated heterocycles. The van der Waals surface area contributed by atoms with Crippen LogP contribution in [0.5, 0.6) is 5.75 Å². The minimum atomic E-state index is -0.0750. The Morgan fingerprint density at radius 1 is 1.11 bits per heavy atom. The molecule has 2 aliphatic heterocycles. The summed E-state index contributed by atoms with van der Waals surface area (Å²) in [6.07, 6.45) is 0. The summed E-state index contributed by atoms with van der Waals surface area (Å²) >= 11 is 0. The monoisotopic (exact) mass is 418 g/mol. The van der Waals surface area contributed by atoms with E-state index in [-0.39, 0.29) is 42.5 Å². The fraction of sp³-hybridized carbons (Fsp3) is 0.556. The van der Waals surface area contributed by atoms with E-state index in [1.165, 1.54) is 0 Å². The first-order chi connectivity index (χ1) is 12.2. The lowest BCUT2D eigenvalue weighted by Crippen LogP contribution is -2.56. The Morgan fingerprint density at radius 2 is 1.74 bits per heavy atom. The number of piperazine rings is 1. The van der Waals surface area contributed by atoms with Gasteiger partial charge in [0.1, 0.15) is 5.75 Å². The van der Waals surface area contributed by atoms with E-state index in [9.17, 15) is 9.59 Å². The number of benzene rings is 1. The third-order valence-electron chi connectivity index (χ3n) is 4.88.